The molecule has 2 rings (SSSR count). The molecule has 0 amide bonds. The Labute approximate surface area is 107 Å². The molecule has 2 heterocycles. The first-order valence-electron chi connectivity index (χ1n) is 6.33. The van der Waals surface area contributed by atoms with Crippen molar-refractivity contribution in [2.75, 3.05) is 0 Å². The van der Waals surface area contributed by atoms with Crippen LogP contribution in [0.3, 0.4) is 0 Å². The van der Waals surface area contributed by atoms with Crippen LogP contribution in [0.5, 0.6) is 0 Å². The summed E-state index contributed by atoms with van der Waals surface area (Å²) >= 11 is 0. The highest BCUT2D eigenvalue weighted by Crippen LogP contribution is 2.07. The molecule has 2 aromatic heterocycles. The maximum Gasteiger partial charge on any atom is 0.235 e. The number of nitrogens with zero attached hydrogens (tertiary/aromatic N) is 4. The second kappa shape index (κ2) is 5.73. The van der Waals surface area contributed by atoms with Crippen molar-refractivity contribution in [3.8, 4) is 5.95 Å². The van der Waals surface area contributed by atoms with Crippen LogP contribution < -0.4 is 5.73 Å². The molecule has 0 fully saturated rings. The van der Waals surface area contributed by atoms with Crippen molar-refractivity contribution in [3.63, 3.8) is 0 Å². The van der Waals surface area contributed by atoms with E-state index in [0.29, 0.717) is 5.95 Å². The highest BCUT2D eigenvalue weighted by molar-refractivity contribution is 5.18. The zero-order chi connectivity index (χ0) is 13.0. The Kier molecular flexibility index (Phi) is 4.04. The van der Waals surface area contributed by atoms with E-state index < -0.39 is 0 Å². The van der Waals surface area contributed by atoms with Crippen molar-refractivity contribution in [3.05, 3.63) is 36.2 Å². The number of rotatable bonds is 5. The van der Waals surface area contributed by atoms with E-state index in [2.05, 4.69) is 28.8 Å². The van der Waals surface area contributed by atoms with Crippen molar-refractivity contribution in [2.45, 2.75) is 39.2 Å². The Hall–Kier alpha value is -1.75. The Morgan fingerprint density at radius 1 is 1.22 bits per heavy atom. The predicted octanol–water partition coefficient (Wildman–Crippen LogP) is 1.50. The van der Waals surface area contributed by atoms with Crippen molar-refractivity contribution < 1.29 is 0 Å². The molecule has 0 bridgehead atoms. The standard InChI is InChI=1S/C13H19N5/c1-3-11(14)7-10-8-16-13(17-9-10)18-6-5-15-12(18)4-2/h5-6,8-9,11H,3-4,7,14H2,1-2H3. The van der Waals surface area contributed by atoms with Gasteiger partial charge in [-0.1, -0.05) is 13.8 Å². The molecule has 2 aromatic rings. The molecular weight excluding hydrogens is 226 g/mol. The molecule has 1 unspecified atom stereocenters. The number of aryl methyl sites for hydroxylation is 1. The molecule has 0 aromatic carbocycles. The number of nitrogens with two attached hydrogens (primary N) is 1. The zero-order valence-electron chi connectivity index (χ0n) is 10.9. The first-order chi connectivity index (χ1) is 8.74. The lowest BCUT2D eigenvalue weighted by Gasteiger charge is -2.09. The van der Waals surface area contributed by atoms with E-state index in [1.807, 2.05) is 23.2 Å². The molecule has 0 radical (unpaired) electrons. The number of imidazole rings is 1. The van der Waals surface area contributed by atoms with E-state index in [-0.39, 0.29) is 6.04 Å². The van der Waals surface area contributed by atoms with E-state index in [1.165, 1.54) is 0 Å². The van der Waals surface area contributed by atoms with Crippen LogP contribution in [0.25, 0.3) is 5.95 Å². The van der Waals surface area contributed by atoms with Gasteiger partial charge in [-0.25, -0.2) is 15.0 Å². The Morgan fingerprint density at radius 2 is 1.94 bits per heavy atom. The van der Waals surface area contributed by atoms with Crippen LogP contribution in [0.1, 0.15) is 31.7 Å². The molecule has 0 aliphatic rings. The van der Waals surface area contributed by atoms with E-state index in [1.54, 1.807) is 6.20 Å². The summed E-state index contributed by atoms with van der Waals surface area (Å²) in [7, 11) is 0. The average Bonchev–Trinajstić information content (AvgIpc) is 2.87. The molecule has 0 saturated heterocycles. The predicted molar refractivity (Wildman–Crippen MR) is 70.5 cm³/mol. The summed E-state index contributed by atoms with van der Waals surface area (Å²) in [4.78, 5) is 13.0. The zero-order valence-corrected chi connectivity index (χ0v) is 10.9. The Morgan fingerprint density at radius 3 is 2.56 bits per heavy atom. The van der Waals surface area contributed by atoms with Crippen LogP contribution in [0.15, 0.2) is 24.8 Å². The maximum atomic E-state index is 5.91. The third-order valence-corrected chi connectivity index (χ3v) is 2.96. The molecule has 5 heteroatoms. The van der Waals surface area contributed by atoms with Gasteiger partial charge >= 0.3 is 0 Å². The van der Waals surface area contributed by atoms with Gasteiger partial charge in [0.15, 0.2) is 0 Å². The van der Waals surface area contributed by atoms with Crippen molar-refractivity contribution >= 4 is 0 Å². The molecule has 0 spiro atoms. The van der Waals surface area contributed by atoms with E-state index >= 15 is 0 Å². The molecule has 0 aliphatic carbocycles. The highest BCUT2D eigenvalue weighted by atomic mass is 15.2. The minimum absolute atomic E-state index is 0.180. The molecule has 18 heavy (non-hydrogen) atoms. The van der Waals surface area contributed by atoms with Crippen LogP contribution in [0, 0.1) is 0 Å². The van der Waals surface area contributed by atoms with Gasteiger partial charge in [0.2, 0.25) is 5.95 Å². The van der Waals surface area contributed by atoms with Gasteiger partial charge in [0.25, 0.3) is 0 Å². The van der Waals surface area contributed by atoms with Crippen LogP contribution in [0.4, 0.5) is 0 Å². The molecule has 96 valence electrons. The van der Waals surface area contributed by atoms with Gasteiger partial charge in [0, 0.05) is 37.3 Å². The Bertz CT molecular complexity index is 488. The summed E-state index contributed by atoms with van der Waals surface area (Å²) in [5.41, 5.74) is 6.99. The third-order valence-electron chi connectivity index (χ3n) is 2.96. The minimum atomic E-state index is 0.180. The van der Waals surface area contributed by atoms with E-state index in [0.717, 1.165) is 30.7 Å². The highest BCUT2D eigenvalue weighted by Gasteiger charge is 2.07. The smallest absolute Gasteiger partial charge is 0.235 e. The summed E-state index contributed by atoms with van der Waals surface area (Å²) in [6.07, 6.45) is 9.98. The fourth-order valence-corrected chi connectivity index (χ4v) is 1.80. The Balaban J connectivity index is 2.17. The summed E-state index contributed by atoms with van der Waals surface area (Å²) in [6, 6.07) is 0.180. The van der Waals surface area contributed by atoms with Crippen LogP contribution in [-0.4, -0.2) is 25.6 Å². The lowest BCUT2D eigenvalue weighted by Crippen LogP contribution is -2.21. The van der Waals surface area contributed by atoms with Crippen molar-refractivity contribution in [2.24, 2.45) is 5.73 Å². The van der Waals surface area contributed by atoms with Crippen molar-refractivity contribution in [1.82, 2.24) is 19.5 Å². The van der Waals surface area contributed by atoms with Gasteiger partial charge in [-0.3, -0.25) is 4.57 Å². The lowest BCUT2D eigenvalue weighted by molar-refractivity contribution is 0.642. The van der Waals surface area contributed by atoms with Gasteiger partial charge in [-0.15, -0.1) is 0 Å². The fraction of sp³-hybridized carbons (Fsp3) is 0.462. The number of hydrogen-bond acceptors (Lipinski definition) is 4. The molecule has 2 N–H and O–H groups in total. The van der Waals surface area contributed by atoms with Crippen LogP contribution in [-0.2, 0) is 12.8 Å². The van der Waals surface area contributed by atoms with Gasteiger partial charge < -0.3 is 5.73 Å². The SMILES string of the molecule is CCc1nccn1-c1ncc(CC(N)CC)cn1. The normalized spacial score (nSPS) is 12.6. The maximum absolute atomic E-state index is 5.91. The number of aromatic nitrogens is 4. The van der Waals surface area contributed by atoms with Crippen LogP contribution in [0.2, 0.25) is 0 Å². The summed E-state index contributed by atoms with van der Waals surface area (Å²) < 4.78 is 1.91. The monoisotopic (exact) mass is 245 g/mol. The number of hydrogen-bond donors (Lipinski definition) is 1. The van der Waals surface area contributed by atoms with Gasteiger partial charge in [-0.2, -0.15) is 0 Å². The van der Waals surface area contributed by atoms with Gasteiger partial charge in [0.1, 0.15) is 5.82 Å². The third kappa shape index (κ3) is 2.73. The molecule has 0 aliphatic heterocycles. The van der Waals surface area contributed by atoms with Crippen molar-refractivity contribution in [1.29, 1.82) is 0 Å². The molecular formula is C13H19N5. The molecule has 1 atom stereocenters. The van der Waals surface area contributed by atoms with E-state index in [4.69, 9.17) is 5.73 Å². The second-order valence-corrected chi connectivity index (χ2v) is 4.33. The topological polar surface area (TPSA) is 69.6 Å². The van der Waals surface area contributed by atoms with Gasteiger partial charge in [-0.05, 0) is 18.4 Å². The summed E-state index contributed by atoms with van der Waals surface area (Å²) in [5.74, 6) is 1.63. The summed E-state index contributed by atoms with van der Waals surface area (Å²) in [5, 5.41) is 0. The van der Waals surface area contributed by atoms with Gasteiger partial charge in [0.05, 0.1) is 0 Å². The molecule has 5 nitrogen and oxygen atoms in total. The first-order valence-corrected chi connectivity index (χ1v) is 6.33. The minimum Gasteiger partial charge on any atom is -0.327 e. The average molecular weight is 245 g/mol. The second-order valence-electron chi connectivity index (χ2n) is 4.33. The summed E-state index contributed by atoms with van der Waals surface area (Å²) in [6.45, 7) is 4.15. The van der Waals surface area contributed by atoms with E-state index in [9.17, 15) is 0 Å². The largest absolute Gasteiger partial charge is 0.327 e. The molecule has 0 saturated carbocycles. The fourth-order valence-electron chi connectivity index (χ4n) is 1.80. The quantitative estimate of drug-likeness (QED) is 0.866. The first kappa shape index (κ1) is 12.7. The van der Waals surface area contributed by atoms with Crippen LogP contribution >= 0.6 is 0 Å². The lowest BCUT2D eigenvalue weighted by atomic mass is 10.1.